The Morgan fingerprint density at radius 2 is 1.59 bits per heavy atom. The van der Waals surface area contributed by atoms with Crippen molar-refractivity contribution in [2.24, 2.45) is 0 Å². The molecule has 0 atom stereocenters. The Morgan fingerprint density at radius 3 is 2.31 bits per heavy atom. The molecule has 0 N–H and O–H groups in total. The number of benzene rings is 3. The zero-order valence-corrected chi connectivity index (χ0v) is 18.8. The largest absolute Gasteiger partial charge is 0.339 e. The number of sulfonamides is 1. The lowest BCUT2D eigenvalue weighted by Gasteiger charge is -2.34. The molecule has 32 heavy (non-hydrogen) atoms. The van der Waals surface area contributed by atoms with E-state index in [1.165, 1.54) is 10.4 Å². The highest BCUT2D eigenvalue weighted by atomic mass is 32.2. The topological polar surface area (TPSA) is 60.9 Å². The third-order valence-electron chi connectivity index (χ3n) is 5.75. The lowest BCUT2D eigenvalue weighted by Crippen LogP contribution is -2.52. The minimum absolute atomic E-state index is 0.0911. The average Bonchev–Trinajstić information content (AvgIpc) is 2.80. The molecule has 0 unspecified atom stereocenters. The van der Waals surface area contributed by atoms with Crippen LogP contribution in [0.2, 0.25) is 0 Å². The summed E-state index contributed by atoms with van der Waals surface area (Å²) in [6.07, 6.45) is 0. The zero-order valence-electron chi connectivity index (χ0n) is 17.9. The van der Waals surface area contributed by atoms with Crippen LogP contribution in [0.5, 0.6) is 0 Å². The van der Waals surface area contributed by atoms with Crippen LogP contribution in [0, 0.1) is 5.82 Å². The summed E-state index contributed by atoms with van der Waals surface area (Å²) in [5.41, 5.74) is 0.536. The maximum absolute atomic E-state index is 13.8. The predicted molar refractivity (Wildman–Crippen MR) is 122 cm³/mol. The number of carbonyl (C=O) groups is 1. The van der Waals surface area contributed by atoms with Crippen LogP contribution in [-0.4, -0.2) is 68.2 Å². The first-order valence-corrected chi connectivity index (χ1v) is 12.0. The van der Waals surface area contributed by atoms with Crippen LogP contribution in [0.3, 0.4) is 0 Å². The number of amides is 1. The number of carbonyl (C=O) groups excluding carboxylic acids is 1. The number of halogens is 1. The number of likely N-dealkylation sites (N-methyl/N-ethyl adjacent to an activating group) is 1. The van der Waals surface area contributed by atoms with E-state index in [9.17, 15) is 17.6 Å². The molecular formula is C24H26FN3O3S. The molecule has 0 bridgehead atoms. The van der Waals surface area contributed by atoms with Gasteiger partial charge in [0.2, 0.25) is 15.9 Å². The number of piperazine rings is 1. The molecule has 0 aromatic heterocycles. The van der Waals surface area contributed by atoms with Crippen LogP contribution in [0.25, 0.3) is 10.8 Å². The van der Waals surface area contributed by atoms with E-state index in [-0.39, 0.29) is 36.3 Å². The van der Waals surface area contributed by atoms with Crippen molar-refractivity contribution in [2.45, 2.75) is 11.4 Å². The van der Waals surface area contributed by atoms with Crippen molar-refractivity contribution in [3.05, 3.63) is 78.1 Å². The third kappa shape index (κ3) is 4.82. The van der Waals surface area contributed by atoms with E-state index in [0.717, 1.165) is 10.8 Å². The quantitative estimate of drug-likeness (QED) is 0.574. The van der Waals surface area contributed by atoms with Gasteiger partial charge in [-0.2, -0.15) is 4.31 Å². The second-order valence-corrected chi connectivity index (χ2v) is 10.00. The van der Waals surface area contributed by atoms with Crippen molar-refractivity contribution in [3.8, 4) is 0 Å². The summed E-state index contributed by atoms with van der Waals surface area (Å²) in [6, 6.07) is 19.3. The van der Waals surface area contributed by atoms with Gasteiger partial charge in [0.25, 0.3) is 0 Å². The molecule has 0 aliphatic carbocycles. The second kappa shape index (κ2) is 9.36. The van der Waals surface area contributed by atoms with Crippen LogP contribution >= 0.6 is 0 Å². The van der Waals surface area contributed by atoms with E-state index < -0.39 is 10.0 Å². The summed E-state index contributed by atoms with van der Waals surface area (Å²) in [5.74, 6) is -0.383. The molecular weight excluding hydrogens is 429 g/mol. The summed E-state index contributed by atoms with van der Waals surface area (Å²) in [4.78, 5) is 16.4. The van der Waals surface area contributed by atoms with Crippen LogP contribution in [0.1, 0.15) is 5.56 Å². The molecule has 8 heteroatoms. The lowest BCUT2D eigenvalue weighted by molar-refractivity contribution is -0.133. The monoisotopic (exact) mass is 455 g/mol. The van der Waals surface area contributed by atoms with Gasteiger partial charge in [0.1, 0.15) is 5.82 Å². The standard InChI is InChI=1S/C24H26FN3O3S/c1-26(17-21-8-4-5-9-23(21)25)18-24(29)27-12-14-28(15-13-27)32(30,31)22-11-10-19-6-2-3-7-20(19)16-22/h2-11,16H,12-15,17-18H2,1H3. The van der Waals surface area contributed by atoms with Gasteiger partial charge in [-0.3, -0.25) is 9.69 Å². The molecule has 4 rings (SSSR count). The number of rotatable bonds is 6. The highest BCUT2D eigenvalue weighted by Gasteiger charge is 2.30. The van der Waals surface area contributed by atoms with Gasteiger partial charge in [0, 0.05) is 38.3 Å². The molecule has 1 fully saturated rings. The summed E-state index contributed by atoms with van der Waals surface area (Å²) in [6.45, 7) is 1.63. The van der Waals surface area contributed by atoms with Gasteiger partial charge in [-0.25, -0.2) is 12.8 Å². The lowest BCUT2D eigenvalue weighted by atomic mass is 10.1. The molecule has 1 aliphatic rings. The third-order valence-corrected chi connectivity index (χ3v) is 7.65. The van der Waals surface area contributed by atoms with Crippen LogP contribution in [0.15, 0.2) is 71.6 Å². The molecule has 0 saturated carbocycles. The van der Waals surface area contributed by atoms with Crippen molar-refractivity contribution in [1.29, 1.82) is 0 Å². The van der Waals surface area contributed by atoms with Crippen molar-refractivity contribution < 1.29 is 17.6 Å². The summed E-state index contributed by atoms with van der Waals surface area (Å²) in [5, 5.41) is 1.86. The highest BCUT2D eigenvalue weighted by Crippen LogP contribution is 2.23. The summed E-state index contributed by atoms with van der Waals surface area (Å²) in [7, 11) is -1.86. The van der Waals surface area contributed by atoms with Gasteiger partial charge < -0.3 is 4.90 Å². The highest BCUT2D eigenvalue weighted by molar-refractivity contribution is 7.89. The van der Waals surface area contributed by atoms with E-state index in [0.29, 0.717) is 25.2 Å². The molecule has 0 radical (unpaired) electrons. The van der Waals surface area contributed by atoms with Gasteiger partial charge in [-0.15, -0.1) is 0 Å². The number of hydrogen-bond acceptors (Lipinski definition) is 4. The molecule has 1 saturated heterocycles. The Balaban J connectivity index is 1.35. The fourth-order valence-corrected chi connectivity index (χ4v) is 5.42. The summed E-state index contributed by atoms with van der Waals surface area (Å²) < 4.78 is 41.5. The first-order chi connectivity index (χ1) is 15.3. The predicted octanol–water partition coefficient (Wildman–Crippen LogP) is 2.94. The molecule has 168 valence electrons. The van der Waals surface area contributed by atoms with E-state index in [1.54, 1.807) is 47.2 Å². The normalized spacial score (nSPS) is 15.4. The Bertz CT molecular complexity index is 1220. The van der Waals surface area contributed by atoms with Crippen LogP contribution in [0.4, 0.5) is 4.39 Å². The molecule has 3 aromatic rings. The molecule has 6 nitrogen and oxygen atoms in total. The van der Waals surface area contributed by atoms with Crippen molar-refractivity contribution in [3.63, 3.8) is 0 Å². The molecule has 1 amide bonds. The van der Waals surface area contributed by atoms with Gasteiger partial charge >= 0.3 is 0 Å². The molecule has 0 spiro atoms. The van der Waals surface area contributed by atoms with E-state index in [1.807, 2.05) is 30.3 Å². The molecule has 3 aromatic carbocycles. The van der Waals surface area contributed by atoms with Crippen molar-refractivity contribution in [1.82, 2.24) is 14.1 Å². The first kappa shape index (κ1) is 22.4. The fourth-order valence-electron chi connectivity index (χ4n) is 3.96. The minimum atomic E-state index is -3.63. The number of hydrogen-bond donors (Lipinski definition) is 0. The Kier molecular flexibility index (Phi) is 6.55. The van der Waals surface area contributed by atoms with Gasteiger partial charge in [0.15, 0.2) is 0 Å². The van der Waals surface area contributed by atoms with Crippen LogP contribution < -0.4 is 0 Å². The van der Waals surface area contributed by atoms with Gasteiger partial charge in [-0.05, 0) is 36.0 Å². The molecule has 1 heterocycles. The summed E-state index contributed by atoms with van der Waals surface area (Å²) >= 11 is 0. The maximum atomic E-state index is 13.8. The average molecular weight is 456 g/mol. The second-order valence-electron chi connectivity index (χ2n) is 8.06. The maximum Gasteiger partial charge on any atom is 0.243 e. The first-order valence-electron chi connectivity index (χ1n) is 10.5. The fraction of sp³-hybridized carbons (Fsp3) is 0.292. The smallest absolute Gasteiger partial charge is 0.243 e. The van der Waals surface area contributed by atoms with Crippen molar-refractivity contribution >= 4 is 26.7 Å². The van der Waals surface area contributed by atoms with Gasteiger partial charge in [0.05, 0.1) is 11.4 Å². The van der Waals surface area contributed by atoms with Gasteiger partial charge in [-0.1, -0.05) is 48.5 Å². The SMILES string of the molecule is CN(CC(=O)N1CCN(S(=O)(=O)c2ccc3ccccc3c2)CC1)Cc1ccccc1F. The Hall–Kier alpha value is -2.81. The zero-order chi connectivity index (χ0) is 22.7. The van der Waals surface area contributed by atoms with Crippen LogP contribution in [-0.2, 0) is 21.4 Å². The van der Waals surface area contributed by atoms with E-state index in [4.69, 9.17) is 0 Å². The molecule has 1 aliphatic heterocycles. The Morgan fingerprint density at radius 1 is 0.938 bits per heavy atom. The van der Waals surface area contributed by atoms with E-state index >= 15 is 0 Å². The minimum Gasteiger partial charge on any atom is -0.339 e. The number of fused-ring (bicyclic) bond motifs is 1. The van der Waals surface area contributed by atoms with E-state index in [2.05, 4.69) is 0 Å². The van der Waals surface area contributed by atoms with Crippen molar-refractivity contribution in [2.75, 3.05) is 39.8 Å². The number of nitrogens with zero attached hydrogens (tertiary/aromatic N) is 3. The Labute approximate surface area is 187 Å².